The zero-order chi connectivity index (χ0) is 13.4. The molecule has 0 aliphatic heterocycles. The van der Waals surface area contributed by atoms with Crippen molar-refractivity contribution in [3.05, 3.63) is 35.9 Å². The van der Waals surface area contributed by atoms with Crippen molar-refractivity contribution < 1.29 is 0 Å². The summed E-state index contributed by atoms with van der Waals surface area (Å²) in [4.78, 5) is 2.26. The van der Waals surface area contributed by atoms with Crippen LogP contribution in [0.3, 0.4) is 0 Å². The molecule has 3 heteroatoms. The average molecular weight is 247 g/mol. The van der Waals surface area contributed by atoms with Gasteiger partial charge in [-0.1, -0.05) is 37.3 Å². The molecule has 0 spiro atoms. The standard InChI is InChI=1S/C15H25N3/c1-13(15(16)17)12-18(2)11-7-6-10-14-8-4-3-5-9-14/h3-5,8-9,13H,6-7,10-12H2,1-2H3,(H3,16,17). The molecule has 0 bridgehead atoms. The zero-order valence-corrected chi connectivity index (χ0v) is 11.5. The number of rotatable bonds is 8. The Morgan fingerprint density at radius 2 is 1.94 bits per heavy atom. The molecule has 0 saturated carbocycles. The number of nitrogens with zero attached hydrogens (tertiary/aromatic N) is 1. The van der Waals surface area contributed by atoms with Gasteiger partial charge in [0.2, 0.25) is 0 Å². The van der Waals surface area contributed by atoms with Gasteiger partial charge in [0.15, 0.2) is 0 Å². The fraction of sp³-hybridized carbons (Fsp3) is 0.533. The van der Waals surface area contributed by atoms with Gasteiger partial charge in [0.25, 0.3) is 0 Å². The van der Waals surface area contributed by atoms with E-state index in [0.717, 1.165) is 19.5 Å². The van der Waals surface area contributed by atoms with Crippen LogP contribution in [-0.4, -0.2) is 30.9 Å². The molecule has 0 saturated heterocycles. The number of hydrogen-bond donors (Lipinski definition) is 2. The predicted octanol–water partition coefficient (Wildman–Crippen LogP) is 2.51. The van der Waals surface area contributed by atoms with Gasteiger partial charge >= 0.3 is 0 Å². The second-order valence-corrected chi connectivity index (χ2v) is 5.06. The predicted molar refractivity (Wildman–Crippen MR) is 78.0 cm³/mol. The highest BCUT2D eigenvalue weighted by molar-refractivity contribution is 5.79. The van der Waals surface area contributed by atoms with Crippen LogP contribution in [0.15, 0.2) is 30.3 Å². The van der Waals surface area contributed by atoms with Crippen LogP contribution in [0.2, 0.25) is 0 Å². The van der Waals surface area contributed by atoms with Crippen molar-refractivity contribution in [1.29, 1.82) is 5.41 Å². The summed E-state index contributed by atoms with van der Waals surface area (Å²) in [5, 5.41) is 7.37. The Morgan fingerprint density at radius 1 is 1.28 bits per heavy atom. The van der Waals surface area contributed by atoms with Gasteiger partial charge in [0.1, 0.15) is 0 Å². The molecule has 0 heterocycles. The van der Waals surface area contributed by atoms with Crippen LogP contribution in [0.1, 0.15) is 25.3 Å². The molecule has 1 aromatic rings. The van der Waals surface area contributed by atoms with Crippen LogP contribution in [0.25, 0.3) is 0 Å². The lowest BCUT2D eigenvalue weighted by Crippen LogP contribution is -2.32. The Bertz CT molecular complexity index is 348. The third-order valence-electron chi connectivity index (χ3n) is 3.21. The fourth-order valence-corrected chi connectivity index (χ4v) is 2.01. The Kier molecular flexibility index (Phi) is 6.44. The number of hydrogen-bond acceptors (Lipinski definition) is 2. The topological polar surface area (TPSA) is 53.1 Å². The molecular formula is C15H25N3. The normalized spacial score (nSPS) is 12.6. The van der Waals surface area contributed by atoms with E-state index in [2.05, 4.69) is 42.3 Å². The Hall–Kier alpha value is -1.35. The minimum Gasteiger partial charge on any atom is -0.387 e. The Labute approximate surface area is 111 Å². The van der Waals surface area contributed by atoms with Crippen molar-refractivity contribution in [1.82, 2.24) is 4.90 Å². The van der Waals surface area contributed by atoms with Gasteiger partial charge in [0, 0.05) is 12.5 Å². The molecule has 18 heavy (non-hydrogen) atoms. The highest BCUT2D eigenvalue weighted by atomic mass is 15.1. The van der Waals surface area contributed by atoms with Crippen molar-refractivity contribution in [2.45, 2.75) is 26.2 Å². The third kappa shape index (κ3) is 5.82. The van der Waals surface area contributed by atoms with E-state index in [9.17, 15) is 0 Å². The van der Waals surface area contributed by atoms with E-state index in [1.165, 1.54) is 18.4 Å². The molecule has 0 aromatic heterocycles. The van der Waals surface area contributed by atoms with Crippen LogP contribution in [0.4, 0.5) is 0 Å². The molecule has 1 unspecified atom stereocenters. The van der Waals surface area contributed by atoms with Gasteiger partial charge < -0.3 is 10.6 Å². The summed E-state index contributed by atoms with van der Waals surface area (Å²) in [7, 11) is 2.10. The molecule has 0 radical (unpaired) electrons. The largest absolute Gasteiger partial charge is 0.387 e. The number of unbranched alkanes of at least 4 members (excludes halogenated alkanes) is 1. The number of benzene rings is 1. The highest BCUT2D eigenvalue weighted by Gasteiger charge is 2.08. The smallest absolute Gasteiger partial charge is 0.0947 e. The van der Waals surface area contributed by atoms with Gasteiger partial charge in [-0.2, -0.15) is 0 Å². The van der Waals surface area contributed by atoms with Crippen molar-refractivity contribution in [3.63, 3.8) is 0 Å². The van der Waals surface area contributed by atoms with Crippen molar-refractivity contribution in [3.8, 4) is 0 Å². The molecule has 1 aromatic carbocycles. The average Bonchev–Trinajstić information content (AvgIpc) is 2.35. The lowest BCUT2D eigenvalue weighted by molar-refractivity contribution is 0.307. The molecule has 100 valence electrons. The quantitative estimate of drug-likeness (QED) is 0.421. The van der Waals surface area contributed by atoms with Crippen molar-refractivity contribution in [2.24, 2.45) is 11.7 Å². The first-order chi connectivity index (χ1) is 8.59. The van der Waals surface area contributed by atoms with Crippen molar-refractivity contribution >= 4 is 5.84 Å². The minimum absolute atomic E-state index is 0.157. The molecule has 0 fully saturated rings. The van der Waals surface area contributed by atoms with Crippen LogP contribution >= 0.6 is 0 Å². The summed E-state index contributed by atoms with van der Waals surface area (Å²) in [6.07, 6.45) is 3.55. The first kappa shape index (κ1) is 14.7. The lowest BCUT2D eigenvalue weighted by atomic mass is 10.1. The maximum Gasteiger partial charge on any atom is 0.0947 e. The molecule has 3 nitrogen and oxygen atoms in total. The number of amidine groups is 1. The van der Waals surface area contributed by atoms with E-state index in [-0.39, 0.29) is 11.8 Å². The molecule has 1 atom stereocenters. The minimum atomic E-state index is 0.157. The number of nitrogens with one attached hydrogen (secondary N) is 1. The fourth-order valence-electron chi connectivity index (χ4n) is 2.01. The Morgan fingerprint density at radius 3 is 2.56 bits per heavy atom. The maximum absolute atomic E-state index is 7.37. The summed E-state index contributed by atoms with van der Waals surface area (Å²) in [6.45, 7) is 3.95. The van der Waals surface area contributed by atoms with E-state index in [1.54, 1.807) is 0 Å². The third-order valence-corrected chi connectivity index (χ3v) is 3.21. The van der Waals surface area contributed by atoms with Gasteiger partial charge in [-0.05, 0) is 38.4 Å². The summed E-state index contributed by atoms with van der Waals surface area (Å²) in [6, 6.07) is 10.6. The van der Waals surface area contributed by atoms with Crippen LogP contribution in [0, 0.1) is 11.3 Å². The summed E-state index contributed by atoms with van der Waals surface area (Å²) in [5.74, 6) is 0.440. The van der Waals surface area contributed by atoms with E-state index in [1.807, 2.05) is 6.92 Å². The first-order valence-corrected chi connectivity index (χ1v) is 6.66. The van der Waals surface area contributed by atoms with Gasteiger partial charge in [0.05, 0.1) is 5.84 Å². The summed E-state index contributed by atoms with van der Waals surface area (Å²) < 4.78 is 0. The molecule has 0 aliphatic carbocycles. The first-order valence-electron chi connectivity index (χ1n) is 6.66. The second-order valence-electron chi connectivity index (χ2n) is 5.06. The van der Waals surface area contributed by atoms with Crippen molar-refractivity contribution in [2.75, 3.05) is 20.1 Å². The Balaban J connectivity index is 2.12. The van der Waals surface area contributed by atoms with Gasteiger partial charge in [-0.15, -0.1) is 0 Å². The highest BCUT2D eigenvalue weighted by Crippen LogP contribution is 2.05. The molecule has 1 rings (SSSR count). The zero-order valence-electron chi connectivity index (χ0n) is 11.5. The van der Waals surface area contributed by atoms with Gasteiger partial charge in [-0.3, -0.25) is 5.41 Å². The van der Waals surface area contributed by atoms with E-state index in [4.69, 9.17) is 11.1 Å². The van der Waals surface area contributed by atoms with E-state index in [0.29, 0.717) is 0 Å². The van der Waals surface area contributed by atoms with Crippen LogP contribution < -0.4 is 5.73 Å². The number of nitrogens with two attached hydrogens (primary N) is 1. The van der Waals surface area contributed by atoms with Crippen LogP contribution in [0.5, 0.6) is 0 Å². The lowest BCUT2D eigenvalue weighted by Gasteiger charge is -2.20. The molecule has 0 aliphatic rings. The molecule has 0 amide bonds. The summed E-state index contributed by atoms with van der Waals surface area (Å²) >= 11 is 0. The van der Waals surface area contributed by atoms with Crippen LogP contribution in [-0.2, 0) is 6.42 Å². The van der Waals surface area contributed by atoms with E-state index >= 15 is 0 Å². The molecular weight excluding hydrogens is 222 g/mol. The summed E-state index contributed by atoms with van der Waals surface area (Å²) in [5.41, 5.74) is 6.89. The van der Waals surface area contributed by atoms with E-state index < -0.39 is 0 Å². The second kappa shape index (κ2) is 7.88. The molecule has 3 N–H and O–H groups in total. The maximum atomic E-state index is 7.37. The van der Waals surface area contributed by atoms with Gasteiger partial charge in [-0.25, -0.2) is 0 Å². The number of aryl methyl sites for hydroxylation is 1. The monoisotopic (exact) mass is 247 g/mol. The SMILES string of the molecule is CC(CN(C)CCCCc1ccccc1)C(=N)N.